The van der Waals surface area contributed by atoms with Crippen molar-refractivity contribution in [2.45, 2.75) is 0 Å². The molecule has 0 spiro atoms. The summed E-state index contributed by atoms with van der Waals surface area (Å²) in [5, 5.41) is 0. The van der Waals surface area contributed by atoms with Crippen LogP contribution in [0.15, 0.2) is 133 Å². The van der Waals surface area contributed by atoms with E-state index in [1.54, 1.807) is 0 Å². The molecule has 34 heavy (non-hydrogen) atoms. The molecule has 0 aromatic heterocycles. The third-order valence-electron chi connectivity index (χ3n) is 5.42. The number of nitrogens with zero attached hydrogens (tertiary/aromatic N) is 1. The largest absolute Gasteiger partial charge is 0.412 e. The average molecular weight is 671 g/mol. The molecule has 0 aliphatic carbocycles. The predicted octanol–water partition coefficient (Wildman–Crippen LogP) is 6.64. The van der Waals surface area contributed by atoms with Crippen LogP contribution in [0, 0.1) is 37.2 Å². The van der Waals surface area contributed by atoms with E-state index < -0.39 is 0 Å². The minimum Gasteiger partial charge on any atom is -0.412 e. The molecule has 0 amide bonds. The fourth-order valence-electron chi connectivity index (χ4n) is 3.84. The van der Waals surface area contributed by atoms with E-state index >= 15 is 0 Å². The summed E-state index contributed by atoms with van der Waals surface area (Å²) >= 11 is 0. The third-order valence-corrected chi connectivity index (χ3v) is 5.42. The van der Waals surface area contributed by atoms with Gasteiger partial charge < -0.3 is 15.9 Å². The first-order valence-electron chi connectivity index (χ1n) is 10.5. The second-order valence-corrected chi connectivity index (χ2v) is 7.42. The molecule has 4 heteroatoms. The number of rotatable bonds is 5. The first kappa shape index (κ1) is 27.1. The molecule has 0 fully saturated rings. The summed E-state index contributed by atoms with van der Waals surface area (Å²) in [6, 6.07) is 49.7. The zero-order chi connectivity index (χ0) is 20.9. The van der Waals surface area contributed by atoms with Gasteiger partial charge in [-0.05, 0) is 46.5 Å². The van der Waals surface area contributed by atoms with Crippen molar-refractivity contribution in [3.8, 4) is 22.3 Å². The monoisotopic (exact) mass is 670 g/mol. The van der Waals surface area contributed by atoms with Crippen molar-refractivity contribution in [1.29, 1.82) is 0 Å². The summed E-state index contributed by atoms with van der Waals surface area (Å²) in [6.07, 6.45) is 0. The molecule has 5 aromatic rings. The van der Waals surface area contributed by atoms with E-state index in [4.69, 9.17) is 0 Å². The SMILES string of the molecule is O.O.[U].[c-]1ccc(N(c2ccc(-c3ccccc3)cc2)c2ccc(-c3ccccc3)cc2)cc1. The van der Waals surface area contributed by atoms with Gasteiger partial charge in [-0.15, -0.1) is 12.1 Å². The van der Waals surface area contributed by atoms with Crippen LogP contribution in [-0.2, 0) is 0 Å². The van der Waals surface area contributed by atoms with Gasteiger partial charge in [-0.1, -0.05) is 90.6 Å². The van der Waals surface area contributed by atoms with Crippen LogP contribution in [0.25, 0.3) is 22.3 Å². The molecule has 5 rings (SSSR count). The number of benzene rings is 5. The minimum absolute atomic E-state index is 0. The Balaban J connectivity index is 0.00000136. The maximum atomic E-state index is 3.13. The minimum atomic E-state index is 0. The Bertz CT molecular complexity index is 1160. The van der Waals surface area contributed by atoms with Crippen LogP contribution in [0.4, 0.5) is 17.1 Å². The van der Waals surface area contributed by atoms with Crippen molar-refractivity contribution in [3.05, 3.63) is 140 Å². The van der Waals surface area contributed by atoms with Gasteiger partial charge in [0.05, 0.1) is 0 Å². The molecule has 0 saturated carbocycles. The van der Waals surface area contributed by atoms with Gasteiger partial charge in [-0.3, -0.25) is 0 Å². The van der Waals surface area contributed by atoms with Gasteiger partial charge in [-0.2, -0.15) is 18.2 Å². The topological polar surface area (TPSA) is 66.2 Å². The summed E-state index contributed by atoms with van der Waals surface area (Å²) < 4.78 is 0. The van der Waals surface area contributed by atoms with E-state index in [2.05, 4.69) is 120 Å². The standard InChI is InChI=1S/C30H22N.2H2O.U/c1-4-10-24(11-5-1)26-16-20-29(21-17-26)31(28-14-8-3-9-15-28)30-22-18-27(19-23-30)25-12-6-2-7-13-25;;;/h1-2,4-23H;2*1H2;/q-1;;;. The van der Waals surface area contributed by atoms with Gasteiger partial charge in [0.1, 0.15) is 0 Å². The van der Waals surface area contributed by atoms with E-state index in [-0.39, 0.29) is 42.1 Å². The summed E-state index contributed by atoms with van der Waals surface area (Å²) in [5.41, 5.74) is 8.23. The van der Waals surface area contributed by atoms with Crippen LogP contribution in [0.3, 0.4) is 0 Å². The average Bonchev–Trinajstić information content (AvgIpc) is 2.87. The Morgan fingerprint density at radius 3 is 1.09 bits per heavy atom. The number of anilines is 3. The fourth-order valence-corrected chi connectivity index (χ4v) is 3.84. The van der Waals surface area contributed by atoms with Crippen molar-refractivity contribution < 1.29 is 42.1 Å². The Morgan fingerprint density at radius 1 is 0.382 bits per heavy atom. The van der Waals surface area contributed by atoms with Crippen LogP contribution in [0.5, 0.6) is 0 Å². The molecule has 0 atom stereocenters. The van der Waals surface area contributed by atoms with Crippen molar-refractivity contribution in [3.63, 3.8) is 0 Å². The maximum Gasteiger partial charge on any atom is 0.0438 e. The van der Waals surface area contributed by atoms with Crippen LogP contribution in [0.2, 0.25) is 0 Å². The first-order chi connectivity index (χ1) is 15.4. The van der Waals surface area contributed by atoms with Gasteiger partial charge in [0, 0.05) is 42.5 Å². The molecule has 5 aromatic carbocycles. The molecule has 3 nitrogen and oxygen atoms in total. The number of hydrogen-bond donors (Lipinski definition) is 0. The predicted molar refractivity (Wildman–Crippen MR) is 138 cm³/mol. The first-order valence-corrected chi connectivity index (χ1v) is 10.5. The van der Waals surface area contributed by atoms with E-state index in [1.165, 1.54) is 22.3 Å². The second kappa shape index (κ2) is 12.9. The molecule has 0 bridgehead atoms. The van der Waals surface area contributed by atoms with Crippen LogP contribution >= 0.6 is 0 Å². The Hall–Kier alpha value is -3.13. The maximum absolute atomic E-state index is 3.13. The molecule has 0 saturated heterocycles. The van der Waals surface area contributed by atoms with Crippen LogP contribution in [-0.4, -0.2) is 11.0 Å². The van der Waals surface area contributed by atoms with Gasteiger partial charge in [0.2, 0.25) is 0 Å². The fraction of sp³-hybridized carbons (Fsp3) is 0. The Morgan fingerprint density at radius 2 is 0.706 bits per heavy atom. The van der Waals surface area contributed by atoms with Gasteiger partial charge in [0.15, 0.2) is 0 Å². The zero-order valence-electron chi connectivity index (χ0n) is 18.6. The van der Waals surface area contributed by atoms with Gasteiger partial charge in [0.25, 0.3) is 0 Å². The van der Waals surface area contributed by atoms with E-state index in [0.29, 0.717) is 0 Å². The molecule has 0 unspecified atom stereocenters. The third kappa shape index (κ3) is 6.05. The molecule has 0 aliphatic heterocycles. The van der Waals surface area contributed by atoms with E-state index in [1.807, 2.05) is 24.3 Å². The number of hydrogen-bond acceptors (Lipinski definition) is 1. The molecular formula is C30H26NO2U-. The quantitative estimate of drug-likeness (QED) is 0.194. The van der Waals surface area contributed by atoms with Crippen molar-refractivity contribution >= 4 is 17.1 Å². The molecular weight excluding hydrogens is 644 g/mol. The summed E-state index contributed by atoms with van der Waals surface area (Å²) in [4.78, 5) is 2.28. The Labute approximate surface area is 224 Å². The smallest absolute Gasteiger partial charge is 0.0438 e. The summed E-state index contributed by atoms with van der Waals surface area (Å²) in [5.74, 6) is 0. The van der Waals surface area contributed by atoms with Gasteiger partial charge in [-0.25, -0.2) is 0 Å². The molecule has 168 valence electrons. The Kier molecular flexibility index (Phi) is 10.3. The van der Waals surface area contributed by atoms with Crippen LogP contribution < -0.4 is 4.90 Å². The normalized spacial score (nSPS) is 9.65. The summed E-state index contributed by atoms with van der Waals surface area (Å²) in [6.45, 7) is 0. The van der Waals surface area contributed by atoms with Crippen molar-refractivity contribution in [2.75, 3.05) is 4.90 Å². The van der Waals surface area contributed by atoms with Gasteiger partial charge >= 0.3 is 0 Å². The van der Waals surface area contributed by atoms with Crippen molar-refractivity contribution in [2.24, 2.45) is 0 Å². The molecule has 4 N–H and O–H groups in total. The zero-order valence-corrected chi connectivity index (χ0v) is 22.8. The molecule has 0 aliphatic rings. The van der Waals surface area contributed by atoms with Crippen molar-refractivity contribution in [1.82, 2.24) is 0 Å². The van der Waals surface area contributed by atoms with E-state index in [0.717, 1.165) is 17.1 Å². The van der Waals surface area contributed by atoms with Crippen LogP contribution in [0.1, 0.15) is 0 Å². The molecule has 0 radical (unpaired) electrons. The summed E-state index contributed by atoms with van der Waals surface area (Å²) in [7, 11) is 0. The second-order valence-electron chi connectivity index (χ2n) is 7.42. The molecule has 0 heterocycles. The van der Waals surface area contributed by atoms with E-state index in [9.17, 15) is 0 Å².